The molecule has 0 unspecified atom stereocenters. The maximum absolute atomic E-state index is 12.1. The number of amides is 1. The van der Waals surface area contributed by atoms with Crippen LogP contribution in [0.25, 0.3) is 0 Å². The molecule has 1 aromatic carbocycles. The highest BCUT2D eigenvalue weighted by Gasteiger charge is 2.25. The summed E-state index contributed by atoms with van der Waals surface area (Å²) in [4.78, 5) is 12.1. The van der Waals surface area contributed by atoms with E-state index in [4.69, 9.17) is 5.73 Å². The normalized spacial score (nSPS) is 14.7. The number of para-hydroxylation sites is 1. The zero-order chi connectivity index (χ0) is 15.3. The average molecular weight is 311 g/mol. The second-order valence-corrected chi connectivity index (χ2v) is 7.05. The van der Waals surface area contributed by atoms with Gasteiger partial charge < -0.3 is 11.1 Å². The van der Waals surface area contributed by atoms with Crippen LogP contribution in [-0.2, 0) is 10.0 Å². The first-order chi connectivity index (χ1) is 10.0. The number of rotatable bonds is 8. The zero-order valence-corrected chi connectivity index (χ0v) is 12.7. The van der Waals surface area contributed by atoms with Crippen LogP contribution in [0.3, 0.4) is 0 Å². The Labute approximate surface area is 125 Å². The van der Waals surface area contributed by atoms with Gasteiger partial charge in [-0.1, -0.05) is 12.1 Å². The Kier molecular flexibility index (Phi) is 5.19. The van der Waals surface area contributed by atoms with Crippen molar-refractivity contribution >= 4 is 21.6 Å². The number of hydrogen-bond donors (Lipinski definition) is 3. The first-order valence-corrected chi connectivity index (χ1v) is 8.77. The van der Waals surface area contributed by atoms with Gasteiger partial charge in [0.15, 0.2) is 0 Å². The Morgan fingerprint density at radius 3 is 2.62 bits per heavy atom. The van der Waals surface area contributed by atoms with Gasteiger partial charge in [-0.25, -0.2) is 8.42 Å². The fraction of sp³-hybridized carbons (Fsp3) is 0.500. The molecule has 1 aliphatic carbocycles. The minimum Gasteiger partial charge on any atom is -0.349 e. The Hall–Kier alpha value is -1.60. The Balaban J connectivity index is 2.06. The van der Waals surface area contributed by atoms with Crippen LogP contribution in [0.15, 0.2) is 24.3 Å². The van der Waals surface area contributed by atoms with E-state index in [0.717, 1.165) is 12.8 Å². The number of sulfonamides is 1. The van der Waals surface area contributed by atoms with Crippen LogP contribution in [0.2, 0.25) is 0 Å². The van der Waals surface area contributed by atoms with Crippen molar-refractivity contribution in [2.24, 2.45) is 5.73 Å². The Morgan fingerprint density at radius 2 is 1.95 bits per heavy atom. The quantitative estimate of drug-likeness (QED) is 0.625. The summed E-state index contributed by atoms with van der Waals surface area (Å²) in [7, 11) is -3.46. The molecule has 0 radical (unpaired) electrons. The molecular weight excluding hydrogens is 290 g/mol. The van der Waals surface area contributed by atoms with E-state index in [-0.39, 0.29) is 17.7 Å². The summed E-state index contributed by atoms with van der Waals surface area (Å²) in [5, 5.41) is 2.86. The fourth-order valence-electron chi connectivity index (χ4n) is 1.92. The smallest absolute Gasteiger partial charge is 0.253 e. The fourth-order valence-corrected chi connectivity index (χ4v) is 3.12. The minimum atomic E-state index is -3.46. The van der Waals surface area contributed by atoms with Gasteiger partial charge in [0.05, 0.1) is 17.0 Å². The van der Waals surface area contributed by atoms with E-state index < -0.39 is 10.0 Å². The number of nitrogens with one attached hydrogen (secondary N) is 2. The van der Waals surface area contributed by atoms with Crippen molar-refractivity contribution in [3.63, 3.8) is 0 Å². The first-order valence-electron chi connectivity index (χ1n) is 7.12. The molecule has 0 aromatic heterocycles. The molecule has 6 nitrogen and oxygen atoms in total. The third kappa shape index (κ3) is 5.02. The maximum atomic E-state index is 12.1. The lowest BCUT2D eigenvalue weighted by Crippen LogP contribution is -2.27. The monoisotopic (exact) mass is 311 g/mol. The highest BCUT2D eigenvalue weighted by atomic mass is 32.2. The number of benzene rings is 1. The summed E-state index contributed by atoms with van der Waals surface area (Å²) >= 11 is 0. The third-order valence-electron chi connectivity index (χ3n) is 3.22. The summed E-state index contributed by atoms with van der Waals surface area (Å²) in [6.07, 6.45) is 3.13. The Bertz CT molecular complexity index is 597. The van der Waals surface area contributed by atoms with Gasteiger partial charge >= 0.3 is 0 Å². The van der Waals surface area contributed by atoms with Crippen molar-refractivity contribution in [2.75, 3.05) is 17.0 Å². The molecular formula is C14H21N3O3S. The van der Waals surface area contributed by atoms with Crippen LogP contribution < -0.4 is 15.8 Å². The van der Waals surface area contributed by atoms with E-state index in [1.54, 1.807) is 24.3 Å². The molecule has 1 aromatic rings. The molecule has 116 valence electrons. The predicted octanol–water partition coefficient (Wildman–Crippen LogP) is 1.06. The summed E-state index contributed by atoms with van der Waals surface area (Å²) in [6, 6.07) is 6.86. The predicted molar refractivity (Wildman–Crippen MR) is 82.6 cm³/mol. The van der Waals surface area contributed by atoms with Gasteiger partial charge in [0.25, 0.3) is 5.91 Å². The van der Waals surface area contributed by atoms with Crippen molar-refractivity contribution < 1.29 is 13.2 Å². The molecule has 0 bridgehead atoms. The molecule has 7 heteroatoms. The minimum absolute atomic E-state index is 0.00276. The van der Waals surface area contributed by atoms with Gasteiger partial charge in [-0.15, -0.1) is 0 Å². The van der Waals surface area contributed by atoms with Crippen molar-refractivity contribution in [2.45, 2.75) is 31.7 Å². The molecule has 0 aliphatic heterocycles. The van der Waals surface area contributed by atoms with Crippen LogP contribution in [0, 0.1) is 0 Å². The second-order valence-electron chi connectivity index (χ2n) is 5.21. The summed E-state index contributed by atoms with van der Waals surface area (Å²) < 4.78 is 26.5. The van der Waals surface area contributed by atoms with Gasteiger partial charge in [0.1, 0.15) is 0 Å². The molecule has 1 amide bonds. The van der Waals surface area contributed by atoms with Crippen LogP contribution in [-0.4, -0.2) is 32.7 Å². The van der Waals surface area contributed by atoms with Gasteiger partial charge in [0, 0.05) is 6.04 Å². The van der Waals surface area contributed by atoms with Crippen LogP contribution in [0.4, 0.5) is 5.69 Å². The molecule has 1 aliphatic rings. The lowest BCUT2D eigenvalue weighted by molar-refractivity contribution is 0.0952. The van der Waals surface area contributed by atoms with Crippen LogP contribution in [0.5, 0.6) is 0 Å². The van der Waals surface area contributed by atoms with Gasteiger partial charge in [-0.05, 0) is 44.4 Å². The van der Waals surface area contributed by atoms with Crippen molar-refractivity contribution in [1.82, 2.24) is 5.32 Å². The number of hydrogen-bond acceptors (Lipinski definition) is 4. The number of carbonyl (C=O) groups is 1. The van der Waals surface area contributed by atoms with Crippen molar-refractivity contribution in [3.8, 4) is 0 Å². The number of carbonyl (C=O) groups excluding carboxylic acids is 1. The molecule has 0 atom stereocenters. The van der Waals surface area contributed by atoms with Gasteiger partial charge in [-0.2, -0.15) is 0 Å². The van der Waals surface area contributed by atoms with E-state index in [0.29, 0.717) is 30.6 Å². The molecule has 0 spiro atoms. The zero-order valence-electron chi connectivity index (χ0n) is 11.8. The van der Waals surface area contributed by atoms with Gasteiger partial charge in [-0.3, -0.25) is 9.52 Å². The molecule has 2 rings (SSSR count). The van der Waals surface area contributed by atoms with E-state index in [2.05, 4.69) is 10.0 Å². The first kappa shape index (κ1) is 15.8. The van der Waals surface area contributed by atoms with Crippen molar-refractivity contribution in [3.05, 3.63) is 29.8 Å². The number of unbranched alkanes of at least 4 members (excludes halogenated alkanes) is 1. The molecule has 21 heavy (non-hydrogen) atoms. The highest BCUT2D eigenvalue weighted by Crippen LogP contribution is 2.22. The topological polar surface area (TPSA) is 101 Å². The number of nitrogens with two attached hydrogens (primary N) is 1. The maximum Gasteiger partial charge on any atom is 0.253 e. The molecule has 0 saturated heterocycles. The molecule has 1 saturated carbocycles. The number of anilines is 1. The SMILES string of the molecule is NCCCCS(=O)(=O)Nc1ccccc1C(=O)NC1CC1. The third-order valence-corrected chi connectivity index (χ3v) is 4.57. The largest absolute Gasteiger partial charge is 0.349 e. The lowest BCUT2D eigenvalue weighted by Gasteiger charge is -2.12. The van der Waals surface area contributed by atoms with E-state index in [1.165, 1.54) is 0 Å². The molecule has 0 heterocycles. The molecule has 4 N–H and O–H groups in total. The second kappa shape index (κ2) is 6.91. The Morgan fingerprint density at radius 1 is 1.24 bits per heavy atom. The van der Waals surface area contributed by atoms with Crippen molar-refractivity contribution in [1.29, 1.82) is 0 Å². The average Bonchev–Trinajstić information content (AvgIpc) is 3.23. The van der Waals surface area contributed by atoms with Gasteiger partial charge in [0.2, 0.25) is 10.0 Å². The molecule has 1 fully saturated rings. The standard InChI is InChI=1S/C14H21N3O3S/c15-9-3-4-10-21(19,20)17-13-6-2-1-5-12(13)14(18)16-11-7-8-11/h1-2,5-6,11,17H,3-4,7-10,15H2,(H,16,18). The van der Waals surface area contributed by atoms with Crippen LogP contribution in [0.1, 0.15) is 36.0 Å². The van der Waals surface area contributed by atoms with E-state index in [1.807, 2.05) is 0 Å². The highest BCUT2D eigenvalue weighted by molar-refractivity contribution is 7.92. The lowest BCUT2D eigenvalue weighted by atomic mass is 10.1. The van der Waals surface area contributed by atoms with Crippen LogP contribution >= 0.6 is 0 Å². The summed E-state index contributed by atoms with van der Waals surface area (Å²) in [6.45, 7) is 0.468. The summed E-state index contributed by atoms with van der Waals surface area (Å²) in [5.41, 5.74) is 6.03. The van der Waals surface area contributed by atoms with E-state index in [9.17, 15) is 13.2 Å². The summed E-state index contributed by atoms with van der Waals surface area (Å²) in [5.74, 6) is -0.235. The van der Waals surface area contributed by atoms with E-state index >= 15 is 0 Å².